The average Bonchev–Trinajstić information content (AvgIpc) is 2.41. The number of nitrogens with zero attached hydrogens (tertiary/aromatic N) is 1. The standard InChI is InChI=1S/C11H11NS/c1-8-9(2)11(7-13)12-6-4-3-5-10(8)12/h3-7H,1-2H3. The molecular formula is C11H11NS. The molecule has 13 heavy (non-hydrogen) atoms. The summed E-state index contributed by atoms with van der Waals surface area (Å²) in [6.07, 6.45) is 2.05. The number of fused-ring (bicyclic) bond motifs is 1. The first-order valence-electron chi connectivity index (χ1n) is 4.27. The van der Waals surface area contributed by atoms with E-state index in [9.17, 15) is 0 Å². The third-order valence-corrected chi connectivity index (χ3v) is 2.79. The van der Waals surface area contributed by atoms with Gasteiger partial charge >= 0.3 is 0 Å². The maximum Gasteiger partial charge on any atom is 0.0595 e. The van der Waals surface area contributed by atoms with Gasteiger partial charge in [-0.3, -0.25) is 0 Å². The van der Waals surface area contributed by atoms with Gasteiger partial charge in [0.05, 0.1) is 5.69 Å². The molecule has 0 unspecified atom stereocenters. The van der Waals surface area contributed by atoms with Crippen LogP contribution in [0.3, 0.4) is 0 Å². The SMILES string of the molecule is Cc1c(C)c2ccccn2c1C=S. The first kappa shape index (κ1) is 8.45. The number of hydrogen-bond donors (Lipinski definition) is 0. The van der Waals surface area contributed by atoms with E-state index in [1.807, 2.05) is 12.3 Å². The van der Waals surface area contributed by atoms with Crippen LogP contribution in [-0.2, 0) is 0 Å². The van der Waals surface area contributed by atoms with E-state index < -0.39 is 0 Å². The van der Waals surface area contributed by atoms with Crippen LogP contribution in [0, 0.1) is 13.8 Å². The molecule has 0 saturated carbocycles. The van der Waals surface area contributed by atoms with Crippen molar-refractivity contribution >= 4 is 23.1 Å². The van der Waals surface area contributed by atoms with Crippen LogP contribution in [0.1, 0.15) is 16.8 Å². The zero-order chi connectivity index (χ0) is 9.42. The van der Waals surface area contributed by atoms with Crippen molar-refractivity contribution < 1.29 is 0 Å². The quantitative estimate of drug-likeness (QED) is 0.624. The van der Waals surface area contributed by atoms with Crippen molar-refractivity contribution in [3.05, 3.63) is 41.2 Å². The van der Waals surface area contributed by atoms with Crippen molar-refractivity contribution in [3.8, 4) is 0 Å². The van der Waals surface area contributed by atoms with Gasteiger partial charge in [0.1, 0.15) is 0 Å². The zero-order valence-electron chi connectivity index (χ0n) is 7.74. The van der Waals surface area contributed by atoms with Gasteiger partial charge in [-0.25, -0.2) is 0 Å². The molecular weight excluding hydrogens is 178 g/mol. The van der Waals surface area contributed by atoms with Gasteiger partial charge in [0.15, 0.2) is 0 Å². The molecule has 2 aromatic heterocycles. The predicted molar refractivity (Wildman–Crippen MR) is 59.6 cm³/mol. The smallest absolute Gasteiger partial charge is 0.0595 e. The molecule has 0 aliphatic rings. The molecule has 0 aromatic carbocycles. The molecule has 0 spiro atoms. The second-order valence-corrected chi connectivity index (χ2v) is 3.44. The van der Waals surface area contributed by atoms with Crippen LogP contribution in [0.2, 0.25) is 0 Å². The van der Waals surface area contributed by atoms with Gasteiger partial charge in [-0.05, 0) is 37.1 Å². The highest BCUT2D eigenvalue weighted by Gasteiger charge is 2.07. The number of aryl methyl sites for hydroxylation is 1. The lowest BCUT2D eigenvalue weighted by molar-refractivity contribution is 1.17. The molecule has 2 heteroatoms. The largest absolute Gasteiger partial charge is 0.316 e. The van der Waals surface area contributed by atoms with E-state index in [2.05, 4.69) is 30.4 Å². The average molecular weight is 189 g/mol. The molecule has 0 aliphatic heterocycles. The molecule has 0 N–H and O–H groups in total. The van der Waals surface area contributed by atoms with Gasteiger partial charge in [-0.1, -0.05) is 18.3 Å². The minimum atomic E-state index is 1.13. The first-order valence-corrected chi connectivity index (χ1v) is 4.74. The fourth-order valence-corrected chi connectivity index (χ4v) is 1.96. The molecule has 0 fully saturated rings. The van der Waals surface area contributed by atoms with Crippen molar-refractivity contribution in [3.63, 3.8) is 0 Å². The number of pyridine rings is 1. The van der Waals surface area contributed by atoms with Crippen molar-refractivity contribution in [1.82, 2.24) is 4.40 Å². The summed E-state index contributed by atoms with van der Waals surface area (Å²) in [5, 5.41) is 1.75. The molecule has 0 bridgehead atoms. The van der Waals surface area contributed by atoms with E-state index in [-0.39, 0.29) is 0 Å². The normalized spacial score (nSPS) is 10.6. The van der Waals surface area contributed by atoms with Crippen molar-refractivity contribution in [2.75, 3.05) is 0 Å². The highest BCUT2D eigenvalue weighted by Crippen LogP contribution is 2.20. The van der Waals surface area contributed by atoms with E-state index in [4.69, 9.17) is 12.2 Å². The highest BCUT2D eigenvalue weighted by atomic mass is 32.1. The number of rotatable bonds is 1. The Morgan fingerprint density at radius 3 is 2.69 bits per heavy atom. The lowest BCUT2D eigenvalue weighted by atomic mass is 10.2. The van der Waals surface area contributed by atoms with Gasteiger partial charge in [-0.15, -0.1) is 0 Å². The summed E-state index contributed by atoms with van der Waals surface area (Å²) in [6, 6.07) is 6.19. The summed E-state index contributed by atoms with van der Waals surface area (Å²) in [7, 11) is 0. The summed E-state index contributed by atoms with van der Waals surface area (Å²) in [4.78, 5) is 0. The van der Waals surface area contributed by atoms with Gasteiger partial charge in [0, 0.05) is 17.1 Å². The van der Waals surface area contributed by atoms with Crippen LogP contribution >= 0.6 is 12.2 Å². The first-order chi connectivity index (χ1) is 6.25. The predicted octanol–water partition coefficient (Wildman–Crippen LogP) is 2.90. The molecule has 2 heterocycles. The fourth-order valence-electron chi connectivity index (χ4n) is 1.67. The summed E-state index contributed by atoms with van der Waals surface area (Å²) in [5.41, 5.74) is 4.97. The van der Waals surface area contributed by atoms with Crippen LogP contribution in [0.25, 0.3) is 5.52 Å². The maximum absolute atomic E-state index is 5.00. The van der Waals surface area contributed by atoms with E-state index in [1.165, 1.54) is 16.6 Å². The molecule has 66 valence electrons. The van der Waals surface area contributed by atoms with E-state index in [0.29, 0.717) is 0 Å². The van der Waals surface area contributed by atoms with Crippen LogP contribution in [0.15, 0.2) is 24.4 Å². The van der Waals surface area contributed by atoms with Crippen LogP contribution < -0.4 is 0 Å². The summed E-state index contributed by atoms with van der Waals surface area (Å²) in [6.45, 7) is 4.24. The topological polar surface area (TPSA) is 4.41 Å². The number of thiocarbonyl (C=S) groups is 1. The van der Waals surface area contributed by atoms with Crippen molar-refractivity contribution in [2.24, 2.45) is 0 Å². The molecule has 0 atom stereocenters. The summed E-state index contributed by atoms with van der Waals surface area (Å²) >= 11 is 5.00. The monoisotopic (exact) mass is 189 g/mol. The van der Waals surface area contributed by atoms with Gasteiger partial charge in [-0.2, -0.15) is 0 Å². The lowest BCUT2D eigenvalue weighted by Gasteiger charge is -1.95. The van der Waals surface area contributed by atoms with Crippen molar-refractivity contribution in [2.45, 2.75) is 13.8 Å². The van der Waals surface area contributed by atoms with Crippen LogP contribution in [-0.4, -0.2) is 9.77 Å². The van der Waals surface area contributed by atoms with E-state index >= 15 is 0 Å². The highest BCUT2D eigenvalue weighted by molar-refractivity contribution is 7.79. The third-order valence-electron chi connectivity index (χ3n) is 2.56. The van der Waals surface area contributed by atoms with Crippen molar-refractivity contribution in [1.29, 1.82) is 0 Å². The van der Waals surface area contributed by atoms with Gasteiger partial charge in [0.2, 0.25) is 0 Å². The second-order valence-electron chi connectivity index (χ2n) is 3.21. The summed E-state index contributed by atoms with van der Waals surface area (Å²) in [5.74, 6) is 0. The fraction of sp³-hybridized carbons (Fsp3) is 0.182. The molecule has 1 nitrogen and oxygen atoms in total. The minimum absolute atomic E-state index is 1.13. The number of hydrogen-bond acceptors (Lipinski definition) is 1. The molecule has 0 radical (unpaired) electrons. The molecule has 2 rings (SSSR count). The molecule has 0 saturated heterocycles. The van der Waals surface area contributed by atoms with E-state index in [1.54, 1.807) is 5.37 Å². The molecule has 0 aliphatic carbocycles. The van der Waals surface area contributed by atoms with Gasteiger partial charge in [0.25, 0.3) is 0 Å². The number of aromatic nitrogens is 1. The zero-order valence-corrected chi connectivity index (χ0v) is 8.56. The Labute approximate surface area is 83.0 Å². The maximum atomic E-state index is 5.00. The Balaban J connectivity index is 2.98. The second kappa shape index (κ2) is 2.96. The Hall–Kier alpha value is -1.15. The van der Waals surface area contributed by atoms with E-state index in [0.717, 1.165) is 5.69 Å². The minimum Gasteiger partial charge on any atom is -0.316 e. The Morgan fingerprint density at radius 1 is 1.23 bits per heavy atom. The molecule has 0 amide bonds. The van der Waals surface area contributed by atoms with Gasteiger partial charge < -0.3 is 4.40 Å². The Bertz CT molecular complexity index is 468. The lowest BCUT2D eigenvalue weighted by Crippen LogP contribution is -1.89. The Morgan fingerprint density at radius 2 is 2.00 bits per heavy atom. The third kappa shape index (κ3) is 1.10. The van der Waals surface area contributed by atoms with Crippen LogP contribution in [0.5, 0.6) is 0 Å². The summed E-state index contributed by atoms with van der Waals surface area (Å²) < 4.78 is 2.14. The Kier molecular flexibility index (Phi) is 1.93. The molecule has 2 aromatic rings. The van der Waals surface area contributed by atoms with Crippen LogP contribution in [0.4, 0.5) is 0 Å².